The van der Waals surface area contributed by atoms with Gasteiger partial charge in [-0.3, -0.25) is 4.79 Å². The van der Waals surface area contributed by atoms with Gasteiger partial charge in [0, 0.05) is 5.54 Å². The van der Waals surface area contributed by atoms with Crippen LogP contribution in [0.25, 0.3) is 0 Å². The van der Waals surface area contributed by atoms with E-state index in [1.807, 2.05) is 20.8 Å². The first kappa shape index (κ1) is 16.5. The number of nitrogens with two attached hydrogens (primary N) is 1. The number of hydrogen-bond donors (Lipinski definition) is 1. The molecule has 0 aromatic heterocycles. The van der Waals surface area contributed by atoms with Crippen molar-refractivity contribution in [2.75, 3.05) is 6.61 Å². The Morgan fingerprint density at radius 3 is 2.26 bits per heavy atom. The molecule has 0 aromatic rings. The molecule has 1 fully saturated rings. The molecule has 0 aliphatic heterocycles. The van der Waals surface area contributed by atoms with Crippen molar-refractivity contribution in [3.05, 3.63) is 0 Å². The molecule has 19 heavy (non-hydrogen) atoms. The normalized spacial score (nSPS) is 20.9. The molecule has 0 amide bonds. The SMILES string of the molecule is CCCC(C)(C(=O)OCC1CCCCC1)C(C)(C)N. The van der Waals surface area contributed by atoms with E-state index in [1.165, 1.54) is 32.1 Å². The van der Waals surface area contributed by atoms with E-state index in [4.69, 9.17) is 10.5 Å². The van der Waals surface area contributed by atoms with Gasteiger partial charge in [0.25, 0.3) is 0 Å². The maximum absolute atomic E-state index is 12.4. The van der Waals surface area contributed by atoms with Crippen LogP contribution in [0.5, 0.6) is 0 Å². The van der Waals surface area contributed by atoms with Crippen molar-refractivity contribution >= 4 is 5.97 Å². The number of esters is 1. The lowest BCUT2D eigenvalue weighted by Crippen LogP contribution is -2.54. The predicted octanol–water partition coefficient (Wildman–Crippen LogP) is 3.65. The van der Waals surface area contributed by atoms with E-state index in [9.17, 15) is 4.79 Å². The molecule has 1 rings (SSSR count). The van der Waals surface area contributed by atoms with Gasteiger partial charge in [0.1, 0.15) is 0 Å². The Morgan fingerprint density at radius 1 is 1.21 bits per heavy atom. The lowest BCUT2D eigenvalue weighted by Gasteiger charge is -2.39. The Bertz CT molecular complexity index is 290. The number of rotatable bonds is 6. The van der Waals surface area contributed by atoms with Gasteiger partial charge in [0.15, 0.2) is 0 Å². The molecule has 0 heterocycles. The fourth-order valence-electron chi connectivity index (χ4n) is 2.89. The number of carbonyl (C=O) groups excluding carboxylic acids is 1. The monoisotopic (exact) mass is 269 g/mol. The molecule has 1 unspecified atom stereocenters. The van der Waals surface area contributed by atoms with Crippen LogP contribution in [0.2, 0.25) is 0 Å². The van der Waals surface area contributed by atoms with Gasteiger partial charge in [-0.1, -0.05) is 32.6 Å². The minimum absolute atomic E-state index is 0.118. The highest BCUT2D eigenvalue weighted by Crippen LogP contribution is 2.36. The highest BCUT2D eigenvalue weighted by atomic mass is 16.5. The van der Waals surface area contributed by atoms with Crippen LogP contribution in [-0.2, 0) is 9.53 Å². The molecule has 3 nitrogen and oxygen atoms in total. The molecule has 1 atom stereocenters. The van der Waals surface area contributed by atoms with Crippen molar-refractivity contribution < 1.29 is 9.53 Å². The molecule has 0 aromatic carbocycles. The topological polar surface area (TPSA) is 52.3 Å². The molecule has 0 radical (unpaired) electrons. The van der Waals surface area contributed by atoms with Crippen molar-refractivity contribution in [1.82, 2.24) is 0 Å². The summed E-state index contributed by atoms with van der Waals surface area (Å²) in [5, 5.41) is 0. The van der Waals surface area contributed by atoms with Gasteiger partial charge in [-0.05, 0) is 46.0 Å². The molecule has 1 saturated carbocycles. The van der Waals surface area contributed by atoms with Crippen LogP contribution < -0.4 is 5.73 Å². The van der Waals surface area contributed by atoms with Crippen LogP contribution in [0.3, 0.4) is 0 Å². The summed E-state index contributed by atoms with van der Waals surface area (Å²) in [6.45, 7) is 8.45. The standard InChI is InChI=1S/C16H31NO2/c1-5-11-16(4,15(2,3)17)14(18)19-12-13-9-7-6-8-10-13/h13H,5-12,17H2,1-4H3. The van der Waals surface area contributed by atoms with E-state index in [0.717, 1.165) is 12.8 Å². The van der Waals surface area contributed by atoms with Gasteiger partial charge in [0.2, 0.25) is 0 Å². The van der Waals surface area contributed by atoms with Crippen LogP contribution in [0.15, 0.2) is 0 Å². The van der Waals surface area contributed by atoms with Crippen LogP contribution >= 0.6 is 0 Å². The second kappa shape index (κ2) is 6.74. The largest absolute Gasteiger partial charge is 0.465 e. The first-order valence-corrected chi connectivity index (χ1v) is 7.77. The van der Waals surface area contributed by atoms with Gasteiger partial charge in [0.05, 0.1) is 12.0 Å². The van der Waals surface area contributed by atoms with E-state index in [2.05, 4.69) is 6.92 Å². The lowest BCUT2D eigenvalue weighted by molar-refractivity contribution is -0.161. The molecule has 3 heteroatoms. The zero-order valence-corrected chi connectivity index (χ0v) is 13.1. The van der Waals surface area contributed by atoms with Gasteiger partial charge in [-0.2, -0.15) is 0 Å². The Hall–Kier alpha value is -0.570. The van der Waals surface area contributed by atoms with Crippen LogP contribution in [0.4, 0.5) is 0 Å². The van der Waals surface area contributed by atoms with Gasteiger partial charge >= 0.3 is 5.97 Å². The third-order valence-electron chi connectivity index (χ3n) is 4.80. The Labute approximate surface area is 118 Å². The summed E-state index contributed by atoms with van der Waals surface area (Å²) in [4.78, 5) is 12.4. The van der Waals surface area contributed by atoms with E-state index in [-0.39, 0.29) is 5.97 Å². The highest BCUT2D eigenvalue weighted by molar-refractivity contribution is 5.78. The summed E-state index contributed by atoms with van der Waals surface area (Å²) in [7, 11) is 0. The lowest BCUT2D eigenvalue weighted by atomic mass is 9.70. The second-order valence-electron chi connectivity index (χ2n) is 6.91. The summed E-state index contributed by atoms with van der Waals surface area (Å²) < 4.78 is 5.61. The van der Waals surface area contributed by atoms with E-state index < -0.39 is 11.0 Å². The Kier molecular flexibility index (Phi) is 5.84. The zero-order chi connectivity index (χ0) is 14.5. The van der Waals surface area contributed by atoms with Crippen LogP contribution in [0, 0.1) is 11.3 Å². The molecule has 0 saturated heterocycles. The summed E-state index contributed by atoms with van der Waals surface area (Å²) in [5.74, 6) is 0.442. The van der Waals surface area contributed by atoms with Crippen LogP contribution in [0.1, 0.15) is 72.6 Å². The van der Waals surface area contributed by atoms with E-state index in [1.54, 1.807) is 0 Å². The van der Waals surface area contributed by atoms with Crippen molar-refractivity contribution in [2.24, 2.45) is 17.1 Å². The maximum Gasteiger partial charge on any atom is 0.313 e. The van der Waals surface area contributed by atoms with Crippen molar-refractivity contribution in [2.45, 2.75) is 78.2 Å². The molecule has 2 N–H and O–H groups in total. The molecule has 1 aliphatic rings. The van der Waals surface area contributed by atoms with Crippen molar-refractivity contribution in [3.63, 3.8) is 0 Å². The first-order chi connectivity index (χ1) is 8.81. The van der Waals surface area contributed by atoms with Gasteiger partial charge in [-0.25, -0.2) is 0 Å². The maximum atomic E-state index is 12.4. The van der Waals surface area contributed by atoms with Crippen molar-refractivity contribution in [1.29, 1.82) is 0 Å². The molecular weight excluding hydrogens is 238 g/mol. The molecule has 112 valence electrons. The summed E-state index contributed by atoms with van der Waals surface area (Å²) >= 11 is 0. The average Bonchev–Trinajstić information content (AvgIpc) is 2.36. The number of carbonyl (C=O) groups is 1. The highest BCUT2D eigenvalue weighted by Gasteiger charge is 2.45. The fraction of sp³-hybridized carbons (Fsp3) is 0.938. The summed E-state index contributed by atoms with van der Waals surface area (Å²) in [6.07, 6.45) is 7.99. The molecule has 1 aliphatic carbocycles. The third kappa shape index (κ3) is 4.20. The summed E-state index contributed by atoms with van der Waals surface area (Å²) in [5.41, 5.74) is 5.07. The zero-order valence-electron chi connectivity index (χ0n) is 13.1. The van der Waals surface area contributed by atoms with E-state index in [0.29, 0.717) is 12.5 Å². The minimum atomic E-state index is -0.587. The molecular formula is C16H31NO2. The minimum Gasteiger partial charge on any atom is -0.465 e. The van der Waals surface area contributed by atoms with Gasteiger partial charge in [-0.15, -0.1) is 0 Å². The fourth-order valence-corrected chi connectivity index (χ4v) is 2.89. The second-order valence-corrected chi connectivity index (χ2v) is 6.91. The molecule has 0 spiro atoms. The quantitative estimate of drug-likeness (QED) is 0.749. The number of hydrogen-bond acceptors (Lipinski definition) is 3. The summed E-state index contributed by atoms with van der Waals surface area (Å²) in [6, 6.07) is 0. The average molecular weight is 269 g/mol. The van der Waals surface area contributed by atoms with Crippen LogP contribution in [-0.4, -0.2) is 18.1 Å². The van der Waals surface area contributed by atoms with E-state index >= 15 is 0 Å². The smallest absolute Gasteiger partial charge is 0.313 e. The van der Waals surface area contributed by atoms with Crippen molar-refractivity contribution in [3.8, 4) is 0 Å². The van der Waals surface area contributed by atoms with Gasteiger partial charge < -0.3 is 10.5 Å². The molecule has 0 bridgehead atoms. The number of ether oxygens (including phenoxy) is 1. The Morgan fingerprint density at radius 2 is 1.79 bits per heavy atom. The first-order valence-electron chi connectivity index (χ1n) is 7.77. The Balaban J connectivity index is 2.57. The third-order valence-corrected chi connectivity index (χ3v) is 4.80. The predicted molar refractivity (Wildman–Crippen MR) is 78.8 cm³/mol.